The Morgan fingerprint density at radius 3 is 2.28 bits per heavy atom. The molecule has 2 aromatic carbocycles. The van der Waals surface area contributed by atoms with Crippen molar-refractivity contribution in [2.45, 2.75) is 44.6 Å². The maximum atomic E-state index is 13.8. The number of hydrogen-bond donors (Lipinski definition) is 0. The van der Waals surface area contributed by atoms with Gasteiger partial charge in [0.05, 0.1) is 15.6 Å². The molecule has 1 amide bonds. The van der Waals surface area contributed by atoms with Gasteiger partial charge in [-0.2, -0.15) is 0 Å². The number of aromatic nitrogens is 2. The second-order valence-corrected chi connectivity index (χ2v) is 12.8. The summed E-state index contributed by atoms with van der Waals surface area (Å²) in [4.78, 5) is 18.6. The molecule has 202 valence electrons. The predicted octanol–water partition coefficient (Wildman–Crippen LogP) is 6.93. The molecule has 0 saturated carbocycles. The normalized spacial score (nSPS) is 14.4. The van der Waals surface area contributed by atoms with E-state index in [1.807, 2.05) is 58.0 Å². The second-order valence-electron chi connectivity index (χ2n) is 10.6. The molecule has 0 saturated heterocycles. The van der Waals surface area contributed by atoms with Crippen molar-refractivity contribution in [3.05, 3.63) is 89.1 Å². The third-order valence-electron chi connectivity index (χ3n) is 6.58. The van der Waals surface area contributed by atoms with Gasteiger partial charge in [-0.15, -0.1) is 0 Å². The first-order chi connectivity index (χ1) is 18.4. The fourth-order valence-electron chi connectivity index (χ4n) is 4.58. The summed E-state index contributed by atoms with van der Waals surface area (Å²) in [5.41, 5.74) is 4.05. The topological polar surface area (TPSA) is 81.5 Å². The Balaban J connectivity index is 1.49. The zero-order chi connectivity index (χ0) is 27.9. The molecule has 0 spiro atoms. The van der Waals surface area contributed by atoms with E-state index < -0.39 is 15.6 Å². The van der Waals surface area contributed by atoms with Crippen molar-refractivity contribution in [3.8, 4) is 11.3 Å². The Morgan fingerprint density at radius 1 is 1.00 bits per heavy atom. The predicted molar refractivity (Wildman–Crippen MR) is 154 cm³/mol. The van der Waals surface area contributed by atoms with Crippen LogP contribution in [0.15, 0.2) is 77.8 Å². The van der Waals surface area contributed by atoms with Crippen molar-refractivity contribution in [2.75, 3.05) is 13.1 Å². The summed E-state index contributed by atoms with van der Waals surface area (Å²) in [7, 11) is -3.96. The first kappa shape index (κ1) is 27.0. The van der Waals surface area contributed by atoms with Crippen LogP contribution in [0.5, 0.6) is 0 Å². The molecule has 2 aromatic heterocycles. The highest BCUT2D eigenvalue weighted by atomic mass is 35.5. The number of hydrogen-bond acceptors (Lipinski definition) is 5. The number of fused-ring (bicyclic) bond motifs is 1. The van der Waals surface area contributed by atoms with Gasteiger partial charge in [0.2, 0.25) is 0 Å². The second kappa shape index (κ2) is 10.2. The van der Waals surface area contributed by atoms with Crippen LogP contribution in [0.2, 0.25) is 5.02 Å². The quantitative estimate of drug-likeness (QED) is 0.269. The molecule has 4 aromatic rings. The molecule has 0 atom stereocenters. The van der Waals surface area contributed by atoms with E-state index >= 15 is 0 Å². The molecule has 3 heterocycles. The zero-order valence-electron chi connectivity index (χ0n) is 22.3. The molecule has 0 radical (unpaired) electrons. The third-order valence-corrected chi connectivity index (χ3v) is 8.63. The summed E-state index contributed by atoms with van der Waals surface area (Å²) in [5.74, 6) is 0. The van der Waals surface area contributed by atoms with Crippen LogP contribution in [0.1, 0.15) is 38.3 Å². The largest absolute Gasteiger partial charge is 0.444 e. The van der Waals surface area contributed by atoms with Crippen LogP contribution >= 0.6 is 11.6 Å². The minimum absolute atomic E-state index is 0.173. The zero-order valence-corrected chi connectivity index (χ0v) is 23.9. The first-order valence-electron chi connectivity index (χ1n) is 12.7. The van der Waals surface area contributed by atoms with E-state index in [0.29, 0.717) is 35.6 Å². The van der Waals surface area contributed by atoms with Crippen molar-refractivity contribution < 1.29 is 17.9 Å². The van der Waals surface area contributed by atoms with E-state index in [2.05, 4.69) is 4.98 Å². The SMILES string of the molecule is Cc1ccc(S(=O)(=O)n2c(-c3ccc(C4=CCN(C(=O)OC(C)(C)C)CC4)cc3)cc3c(Cl)ccnc32)cc1. The van der Waals surface area contributed by atoms with Gasteiger partial charge in [-0.05, 0) is 75.1 Å². The highest BCUT2D eigenvalue weighted by Crippen LogP contribution is 2.35. The number of amides is 1. The van der Waals surface area contributed by atoms with E-state index in [0.717, 1.165) is 22.3 Å². The smallest absolute Gasteiger partial charge is 0.410 e. The Kier molecular flexibility index (Phi) is 7.03. The molecule has 1 aliphatic rings. The Labute approximate surface area is 233 Å². The minimum atomic E-state index is -3.96. The summed E-state index contributed by atoms with van der Waals surface area (Å²) < 4.78 is 34.4. The molecule has 1 aliphatic heterocycles. The van der Waals surface area contributed by atoms with Crippen molar-refractivity contribution in [3.63, 3.8) is 0 Å². The van der Waals surface area contributed by atoms with Crippen LogP contribution in [0.25, 0.3) is 27.9 Å². The van der Waals surface area contributed by atoms with Gasteiger partial charge < -0.3 is 9.64 Å². The molecule has 7 nitrogen and oxygen atoms in total. The van der Waals surface area contributed by atoms with Gasteiger partial charge in [0.1, 0.15) is 5.60 Å². The molecular weight excluding hydrogens is 534 g/mol. The fourth-order valence-corrected chi connectivity index (χ4v) is 6.26. The van der Waals surface area contributed by atoms with E-state index in [1.165, 1.54) is 10.2 Å². The summed E-state index contributed by atoms with van der Waals surface area (Å²) >= 11 is 6.45. The summed E-state index contributed by atoms with van der Waals surface area (Å²) in [6.07, 6.45) is 3.92. The van der Waals surface area contributed by atoms with E-state index in [4.69, 9.17) is 16.3 Å². The van der Waals surface area contributed by atoms with Gasteiger partial charge in [-0.25, -0.2) is 22.2 Å². The van der Waals surface area contributed by atoms with E-state index in [9.17, 15) is 13.2 Å². The number of carbonyl (C=O) groups excluding carboxylic acids is 1. The van der Waals surface area contributed by atoms with Crippen molar-refractivity contribution in [2.24, 2.45) is 0 Å². The average Bonchev–Trinajstić information content (AvgIpc) is 3.30. The lowest BCUT2D eigenvalue weighted by atomic mass is 9.98. The molecule has 9 heteroatoms. The number of halogens is 1. The van der Waals surface area contributed by atoms with Gasteiger partial charge in [0, 0.05) is 24.7 Å². The van der Waals surface area contributed by atoms with Gasteiger partial charge in [0.25, 0.3) is 10.0 Å². The number of aryl methyl sites for hydroxylation is 1. The van der Waals surface area contributed by atoms with Crippen LogP contribution in [-0.2, 0) is 14.8 Å². The minimum Gasteiger partial charge on any atom is -0.444 e. The molecule has 0 aliphatic carbocycles. The Hall–Kier alpha value is -3.62. The van der Waals surface area contributed by atoms with Crippen molar-refractivity contribution in [1.29, 1.82) is 0 Å². The van der Waals surface area contributed by atoms with Crippen molar-refractivity contribution in [1.82, 2.24) is 13.9 Å². The van der Waals surface area contributed by atoms with Gasteiger partial charge >= 0.3 is 6.09 Å². The Bertz CT molecular complexity index is 1680. The van der Waals surface area contributed by atoms with Crippen LogP contribution in [-0.4, -0.2) is 47.1 Å². The number of nitrogens with zero attached hydrogens (tertiary/aromatic N) is 3. The molecule has 39 heavy (non-hydrogen) atoms. The van der Waals surface area contributed by atoms with Gasteiger partial charge in [-0.1, -0.05) is 59.6 Å². The lowest BCUT2D eigenvalue weighted by Gasteiger charge is -2.29. The number of pyridine rings is 1. The molecular formula is C30H30ClN3O4S. The number of rotatable bonds is 4. The van der Waals surface area contributed by atoms with Crippen LogP contribution in [0.4, 0.5) is 4.79 Å². The molecule has 0 N–H and O–H groups in total. The number of carbonyl (C=O) groups is 1. The van der Waals surface area contributed by atoms with E-state index in [-0.39, 0.29) is 16.6 Å². The average molecular weight is 564 g/mol. The summed E-state index contributed by atoms with van der Waals surface area (Å²) in [5, 5.41) is 0.990. The first-order valence-corrected chi connectivity index (χ1v) is 14.5. The fraction of sp³-hybridized carbons (Fsp3) is 0.267. The molecule has 0 unspecified atom stereocenters. The van der Waals surface area contributed by atoms with Crippen LogP contribution in [0, 0.1) is 6.92 Å². The maximum Gasteiger partial charge on any atom is 0.410 e. The lowest BCUT2D eigenvalue weighted by molar-refractivity contribution is 0.0270. The summed E-state index contributed by atoms with van der Waals surface area (Å²) in [6.45, 7) is 8.51. The standard InChI is InChI=1S/C30H30ClN3O4S/c1-20-5-11-24(12-6-20)39(36,37)34-27(19-25-26(31)13-16-32-28(25)34)23-9-7-21(8-10-23)22-14-17-33(18-15-22)29(35)38-30(2,3)4/h5-14,16,19H,15,17-18H2,1-4H3. The van der Waals surface area contributed by atoms with E-state index in [1.54, 1.807) is 41.3 Å². The van der Waals surface area contributed by atoms with Crippen molar-refractivity contribution >= 4 is 44.3 Å². The number of benzene rings is 2. The molecule has 5 rings (SSSR count). The molecule has 0 bridgehead atoms. The van der Waals surface area contributed by atoms with Crippen LogP contribution < -0.4 is 0 Å². The monoisotopic (exact) mass is 563 g/mol. The van der Waals surface area contributed by atoms with Crippen LogP contribution in [0.3, 0.4) is 0 Å². The lowest BCUT2D eigenvalue weighted by Crippen LogP contribution is -2.39. The highest BCUT2D eigenvalue weighted by Gasteiger charge is 2.27. The maximum absolute atomic E-state index is 13.8. The highest BCUT2D eigenvalue weighted by molar-refractivity contribution is 7.90. The Morgan fingerprint density at radius 2 is 1.67 bits per heavy atom. The van der Waals surface area contributed by atoms with Gasteiger partial charge in [0.15, 0.2) is 5.65 Å². The molecule has 0 fully saturated rings. The van der Waals surface area contributed by atoms with Gasteiger partial charge in [-0.3, -0.25) is 0 Å². The third kappa shape index (κ3) is 5.44. The summed E-state index contributed by atoms with van der Waals surface area (Å²) in [6, 6.07) is 17.9. The number of ether oxygens (including phenoxy) is 1.